The highest BCUT2D eigenvalue weighted by molar-refractivity contribution is 5.77. The molecule has 0 aliphatic rings. The van der Waals surface area contributed by atoms with E-state index in [-0.39, 0.29) is 6.61 Å². The molecule has 2 atom stereocenters. The highest BCUT2D eigenvalue weighted by Gasteiger charge is 2.38. The normalized spacial score (nSPS) is 16.7. The lowest BCUT2D eigenvalue weighted by molar-refractivity contribution is -0.0386. The van der Waals surface area contributed by atoms with Gasteiger partial charge in [0.15, 0.2) is 0 Å². The first-order valence-electron chi connectivity index (χ1n) is 5.70. The topological polar surface area (TPSA) is 65.6 Å². The van der Waals surface area contributed by atoms with Crippen molar-refractivity contribution in [3.05, 3.63) is 36.1 Å². The molecule has 0 bridgehead atoms. The number of rotatable bonds is 5. The van der Waals surface area contributed by atoms with E-state index >= 15 is 0 Å². The lowest BCUT2D eigenvalue weighted by atomic mass is 9.87. The van der Waals surface area contributed by atoms with Crippen molar-refractivity contribution in [2.45, 2.75) is 11.6 Å². The minimum absolute atomic E-state index is 0.368. The van der Waals surface area contributed by atoms with Crippen LogP contribution in [0, 0.1) is 0 Å². The second kappa shape index (κ2) is 5.06. The number of hydrogen-bond acceptors (Lipinski definition) is 4. The van der Waals surface area contributed by atoms with E-state index < -0.39 is 18.3 Å². The Morgan fingerprint density at radius 2 is 2.22 bits per heavy atom. The van der Waals surface area contributed by atoms with Gasteiger partial charge in [0.2, 0.25) is 0 Å². The molecule has 98 valence electrons. The van der Waals surface area contributed by atoms with Gasteiger partial charge in [0.05, 0.1) is 18.9 Å². The smallest absolute Gasteiger partial charge is 0.135 e. The molecule has 0 amide bonds. The zero-order chi connectivity index (χ0) is 13.2. The van der Waals surface area contributed by atoms with E-state index in [0.29, 0.717) is 11.1 Å². The van der Waals surface area contributed by atoms with Crippen molar-refractivity contribution < 1.29 is 19.0 Å². The molecule has 0 saturated carbocycles. The molecule has 0 radical (unpaired) electrons. The van der Waals surface area contributed by atoms with E-state index in [1.807, 2.05) is 0 Å². The number of nitrogens with one attached hydrogen (secondary N) is 1. The Morgan fingerprint density at radius 1 is 1.44 bits per heavy atom. The first-order valence-corrected chi connectivity index (χ1v) is 5.70. The van der Waals surface area contributed by atoms with Crippen molar-refractivity contribution in [3.8, 4) is 0 Å². The number of aliphatic hydroxyl groups excluding tert-OH is 1. The average molecular weight is 253 g/mol. The Morgan fingerprint density at radius 3 is 2.83 bits per heavy atom. The maximum Gasteiger partial charge on any atom is 0.135 e. The Kier molecular flexibility index (Phi) is 3.65. The van der Waals surface area contributed by atoms with Gasteiger partial charge in [-0.25, -0.2) is 4.39 Å². The molecule has 1 aromatic carbocycles. The molecule has 3 N–H and O–H groups in total. The number of fused-ring (bicyclic) bond motifs is 1. The van der Waals surface area contributed by atoms with Crippen LogP contribution >= 0.6 is 0 Å². The molecule has 4 nitrogen and oxygen atoms in total. The van der Waals surface area contributed by atoms with Gasteiger partial charge in [0.25, 0.3) is 0 Å². The fourth-order valence-electron chi connectivity index (χ4n) is 2.08. The molecule has 5 heteroatoms. The predicted molar refractivity (Wildman–Crippen MR) is 66.0 cm³/mol. The largest absolute Gasteiger partial charge is 0.464 e. The third-order valence-electron chi connectivity index (χ3n) is 3.27. The summed E-state index contributed by atoms with van der Waals surface area (Å²) in [6.07, 6.45) is 1.53. The van der Waals surface area contributed by atoms with Crippen molar-refractivity contribution in [1.82, 2.24) is 5.32 Å². The van der Waals surface area contributed by atoms with Crippen molar-refractivity contribution in [1.29, 1.82) is 0 Å². The fourth-order valence-corrected chi connectivity index (χ4v) is 2.08. The maximum absolute atomic E-state index is 13.2. The van der Waals surface area contributed by atoms with E-state index in [0.717, 1.165) is 5.39 Å². The van der Waals surface area contributed by atoms with Crippen LogP contribution in [0.15, 0.2) is 34.9 Å². The van der Waals surface area contributed by atoms with Crippen LogP contribution in [0.1, 0.15) is 5.56 Å². The Bertz CT molecular complexity index is 524. The molecular formula is C13H16FNO3. The number of furan rings is 1. The van der Waals surface area contributed by atoms with Gasteiger partial charge in [0, 0.05) is 5.39 Å². The summed E-state index contributed by atoms with van der Waals surface area (Å²) in [5.41, 5.74) is -0.821. The zero-order valence-corrected chi connectivity index (χ0v) is 10.1. The molecule has 0 aliphatic heterocycles. The Balaban J connectivity index is 2.47. The summed E-state index contributed by atoms with van der Waals surface area (Å²) in [6, 6.07) is 5.98. The van der Waals surface area contributed by atoms with Crippen LogP contribution in [0.5, 0.6) is 0 Å². The molecule has 2 rings (SSSR count). The van der Waals surface area contributed by atoms with Gasteiger partial charge < -0.3 is 19.9 Å². The molecule has 0 spiro atoms. The minimum atomic E-state index is -1.77. The van der Waals surface area contributed by atoms with Crippen LogP contribution in [0.4, 0.5) is 4.39 Å². The number of likely N-dealkylation sites (N-methyl/N-ethyl adjacent to an activating group) is 1. The van der Waals surface area contributed by atoms with Gasteiger partial charge in [0.1, 0.15) is 17.9 Å². The molecular weight excluding hydrogens is 237 g/mol. The van der Waals surface area contributed by atoms with E-state index in [9.17, 15) is 14.6 Å². The van der Waals surface area contributed by atoms with Gasteiger partial charge in [-0.2, -0.15) is 0 Å². The number of hydrogen-bond donors (Lipinski definition) is 3. The fraction of sp³-hybridized carbons (Fsp3) is 0.385. The predicted octanol–water partition coefficient (Wildman–Crippen LogP) is 1.17. The molecule has 1 aromatic heterocycles. The van der Waals surface area contributed by atoms with Crippen molar-refractivity contribution in [2.24, 2.45) is 0 Å². The summed E-state index contributed by atoms with van der Waals surface area (Å²) in [7, 11) is 1.56. The maximum atomic E-state index is 13.2. The van der Waals surface area contributed by atoms with Crippen molar-refractivity contribution >= 4 is 11.0 Å². The molecule has 0 fully saturated rings. The number of benzene rings is 1. The Hall–Kier alpha value is -1.43. The first-order chi connectivity index (χ1) is 8.65. The summed E-state index contributed by atoms with van der Waals surface area (Å²) < 4.78 is 18.5. The van der Waals surface area contributed by atoms with Crippen LogP contribution < -0.4 is 5.32 Å². The van der Waals surface area contributed by atoms with E-state index in [4.69, 9.17) is 4.42 Å². The number of aliphatic hydroxyl groups is 2. The summed E-state index contributed by atoms with van der Waals surface area (Å²) in [5.74, 6) is 0. The van der Waals surface area contributed by atoms with Gasteiger partial charge in [-0.3, -0.25) is 0 Å². The molecule has 0 aliphatic carbocycles. The van der Waals surface area contributed by atoms with Gasteiger partial charge in [-0.1, -0.05) is 12.1 Å². The molecule has 0 saturated heterocycles. The van der Waals surface area contributed by atoms with E-state index in [2.05, 4.69) is 5.32 Å². The second-order valence-electron chi connectivity index (χ2n) is 4.25. The third kappa shape index (κ3) is 2.01. The molecule has 18 heavy (non-hydrogen) atoms. The lowest BCUT2D eigenvalue weighted by Gasteiger charge is -2.33. The summed E-state index contributed by atoms with van der Waals surface area (Å²) in [5, 5.41) is 23.2. The van der Waals surface area contributed by atoms with E-state index in [1.165, 1.54) is 6.26 Å². The quantitative estimate of drug-likeness (QED) is 0.748. The number of halogens is 1. The Labute approximate surface area is 104 Å². The summed E-state index contributed by atoms with van der Waals surface area (Å²) in [4.78, 5) is 0. The zero-order valence-electron chi connectivity index (χ0n) is 10.1. The second-order valence-corrected chi connectivity index (χ2v) is 4.25. The third-order valence-corrected chi connectivity index (χ3v) is 3.27. The summed E-state index contributed by atoms with van der Waals surface area (Å²) in [6.45, 7) is -1.36. The van der Waals surface area contributed by atoms with Crippen LogP contribution in [0.2, 0.25) is 0 Å². The summed E-state index contributed by atoms with van der Waals surface area (Å²) >= 11 is 0. The monoisotopic (exact) mass is 253 g/mol. The van der Waals surface area contributed by atoms with Gasteiger partial charge >= 0.3 is 0 Å². The SMILES string of the molecule is CN[C@@H](CO)C(O)(CF)c1ccc2ccoc2c1. The minimum Gasteiger partial charge on any atom is -0.464 e. The standard InChI is InChI=1S/C13H16FNO3/c1-15-12(7-16)13(17,8-14)10-3-2-9-4-5-18-11(9)6-10/h2-6,12,15-17H,7-8H2,1H3/t12-,13?/m0/s1. The highest BCUT2D eigenvalue weighted by atomic mass is 19.1. The first kappa shape index (κ1) is 13.0. The highest BCUT2D eigenvalue weighted by Crippen LogP contribution is 2.29. The molecule has 1 unspecified atom stereocenters. The van der Waals surface area contributed by atoms with Crippen molar-refractivity contribution in [3.63, 3.8) is 0 Å². The van der Waals surface area contributed by atoms with Crippen molar-refractivity contribution in [2.75, 3.05) is 20.3 Å². The van der Waals surface area contributed by atoms with Crippen LogP contribution in [0.25, 0.3) is 11.0 Å². The van der Waals surface area contributed by atoms with Crippen LogP contribution in [-0.4, -0.2) is 36.6 Å². The molecule has 2 aromatic rings. The van der Waals surface area contributed by atoms with Gasteiger partial charge in [-0.15, -0.1) is 0 Å². The van der Waals surface area contributed by atoms with E-state index in [1.54, 1.807) is 31.3 Å². The average Bonchev–Trinajstić information content (AvgIpc) is 2.86. The molecule has 1 heterocycles. The van der Waals surface area contributed by atoms with Crippen LogP contribution in [-0.2, 0) is 5.60 Å². The van der Waals surface area contributed by atoms with Crippen LogP contribution in [0.3, 0.4) is 0 Å². The number of alkyl halides is 1. The lowest BCUT2D eigenvalue weighted by Crippen LogP contribution is -2.51. The van der Waals surface area contributed by atoms with Gasteiger partial charge in [-0.05, 0) is 24.7 Å².